The lowest BCUT2D eigenvalue weighted by atomic mass is 9.70. The maximum atomic E-state index is 6.22. The highest BCUT2D eigenvalue weighted by atomic mass is 16.5. The van der Waals surface area contributed by atoms with E-state index in [4.69, 9.17) is 4.74 Å². The number of aryl methyl sites for hydroxylation is 1. The van der Waals surface area contributed by atoms with Gasteiger partial charge in [-0.25, -0.2) is 9.97 Å². The van der Waals surface area contributed by atoms with Gasteiger partial charge in [0.05, 0.1) is 0 Å². The Morgan fingerprint density at radius 3 is 2.67 bits per heavy atom. The maximum Gasteiger partial charge on any atom is 0.316 e. The fourth-order valence-corrected chi connectivity index (χ4v) is 4.33. The smallest absolute Gasteiger partial charge is 0.316 e. The van der Waals surface area contributed by atoms with Crippen molar-refractivity contribution in [2.24, 2.45) is 16.7 Å². The largest absolute Gasteiger partial charge is 0.460 e. The highest BCUT2D eigenvalue weighted by Crippen LogP contribution is 2.65. The molecule has 0 spiro atoms. The summed E-state index contributed by atoms with van der Waals surface area (Å²) in [5, 5.41) is 3.14. The molecule has 3 rings (SSSR count). The number of nitrogens with zero attached hydrogens (tertiary/aromatic N) is 2. The summed E-state index contributed by atoms with van der Waals surface area (Å²) in [7, 11) is 1.93. The molecule has 1 aromatic heterocycles. The first-order valence-corrected chi connectivity index (χ1v) is 8.02. The summed E-state index contributed by atoms with van der Waals surface area (Å²) < 4.78 is 6.22. The van der Waals surface area contributed by atoms with Crippen molar-refractivity contribution in [3.63, 3.8) is 0 Å². The minimum Gasteiger partial charge on any atom is -0.460 e. The Bertz CT molecular complexity index is 543. The van der Waals surface area contributed by atoms with Crippen molar-refractivity contribution >= 4 is 0 Å². The minimum atomic E-state index is 0.249. The first kappa shape index (κ1) is 14.8. The minimum absolute atomic E-state index is 0.249. The number of hydrogen-bond donors (Lipinski definition) is 1. The Balaban J connectivity index is 1.78. The molecule has 0 amide bonds. The Hall–Kier alpha value is -1.16. The molecule has 1 aromatic rings. The van der Waals surface area contributed by atoms with Crippen molar-refractivity contribution in [2.45, 2.75) is 59.6 Å². The third-order valence-corrected chi connectivity index (χ3v) is 6.39. The van der Waals surface area contributed by atoms with Gasteiger partial charge in [-0.1, -0.05) is 20.8 Å². The van der Waals surface area contributed by atoms with Crippen molar-refractivity contribution in [1.29, 1.82) is 0 Å². The van der Waals surface area contributed by atoms with Crippen LogP contribution in [0.3, 0.4) is 0 Å². The quantitative estimate of drug-likeness (QED) is 0.925. The third kappa shape index (κ3) is 2.15. The average molecular weight is 289 g/mol. The molecule has 0 aromatic carbocycles. The molecular formula is C17H27N3O. The van der Waals surface area contributed by atoms with Crippen LogP contribution in [0.5, 0.6) is 6.01 Å². The molecule has 21 heavy (non-hydrogen) atoms. The van der Waals surface area contributed by atoms with Gasteiger partial charge in [0, 0.05) is 29.4 Å². The van der Waals surface area contributed by atoms with Gasteiger partial charge >= 0.3 is 6.01 Å². The van der Waals surface area contributed by atoms with Crippen molar-refractivity contribution in [2.75, 3.05) is 7.05 Å². The maximum absolute atomic E-state index is 6.22. The van der Waals surface area contributed by atoms with Gasteiger partial charge in [-0.2, -0.15) is 0 Å². The molecule has 116 valence electrons. The number of hydrogen-bond acceptors (Lipinski definition) is 4. The molecule has 3 atom stereocenters. The highest BCUT2D eigenvalue weighted by Gasteiger charge is 2.62. The second-order valence-corrected chi connectivity index (χ2v) is 7.51. The Morgan fingerprint density at radius 2 is 2.14 bits per heavy atom. The van der Waals surface area contributed by atoms with Crippen molar-refractivity contribution < 1.29 is 4.74 Å². The molecule has 2 fully saturated rings. The summed E-state index contributed by atoms with van der Waals surface area (Å²) in [5.74, 6) is 0.775. The van der Waals surface area contributed by atoms with Gasteiger partial charge in [0.15, 0.2) is 0 Å². The van der Waals surface area contributed by atoms with Gasteiger partial charge in [-0.05, 0) is 44.6 Å². The van der Waals surface area contributed by atoms with Crippen LogP contribution < -0.4 is 10.1 Å². The number of fused-ring (bicyclic) bond motifs is 2. The van der Waals surface area contributed by atoms with E-state index in [0.717, 1.165) is 30.1 Å². The second kappa shape index (κ2) is 4.94. The second-order valence-electron chi connectivity index (χ2n) is 7.51. The van der Waals surface area contributed by atoms with Gasteiger partial charge in [-0.15, -0.1) is 0 Å². The zero-order valence-electron chi connectivity index (χ0n) is 13.9. The van der Waals surface area contributed by atoms with Gasteiger partial charge in [0.2, 0.25) is 0 Å². The molecule has 3 unspecified atom stereocenters. The molecule has 2 aliphatic rings. The van der Waals surface area contributed by atoms with E-state index in [0.29, 0.717) is 11.4 Å². The predicted octanol–water partition coefficient (Wildman–Crippen LogP) is 3.10. The molecule has 4 nitrogen and oxygen atoms in total. The van der Waals surface area contributed by atoms with Crippen LogP contribution >= 0.6 is 0 Å². The van der Waals surface area contributed by atoms with Gasteiger partial charge < -0.3 is 10.1 Å². The van der Waals surface area contributed by atoms with E-state index in [1.807, 2.05) is 20.2 Å². The normalized spacial score (nSPS) is 33.4. The van der Waals surface area contributed by atoms with Crippen LogP contribution in [0.1, 0.15) is 51.3 Å². The number of aromatic nitrogens is 2. The SMILES string of the molecule is CNCc1cnc(OC2CC3CCC2(C)C3(C)C)nc1C. The van der Waals surface area contributed by atoms with E-state index in [9.17, 15) is 0 Å². The summed E-state index contributed by atoms with van der Waals surface area (Å²) in [6, 6.07) is 0.543. The summed E-state index contributed by atoms with van der Waals surface area (Å²) in [6.07, 6.45) is 5.87. The topological polar surface area (TPSA) is 47.0 Å². The number of rotatable bonds is 4. The monoisotopic (exact) mass is 289 g/mol. The Labute approximate surface area is 127 Å². The van der Waals surface area contributed by atoms with E-state index in [2.05, 4.69) is 36.1 Å². The molecule has 1 N–H and O–H groups in total. The van der Waals surface area contributed by atoms with Crippen molar-refractivity contribution in [3.05, 3.63) is 17.5 Å². The van der Waals surface area contributed by atoms with Crippen LogP contribution in [-0.4, -0.2) is 23.1 Å². The molecule has 2 saturated carbocycles. The molecular weight excluding hydrogens is 262 g/mol. The average Bonchev–Trinajstić information content (AvgIpc) is 2.75. The van der Waals surface area contributed by atoms with Crippen LogP contribution in [0, 0.1) is 23.7 Å². The zero-order valence-corrected chi connectivity index (χ0v) is 13.9. The fraction of sp³-hybridized carbons (Fsp3) is 0.765. The number of ether oxygens (including phenoxy) is 1. The van der Waals surface area contributed by atoms with Gasteiger partial charge in [0.25, 0.3) is 0 Å². The third-order valence-electron chi connectivity index (χ3n) is 6.39. The summed E-state index contributed by atoms with van der Waals surface area (Å²) in [6.45, 7) is 10.00. The van der Waals surface area contributed by atoms with E-state index < -0.39 is 0 Å². The molecule has 4 heteroatoms. The van der Waals surface area contributed by atoms with Gasteiger partial charge in [0.1, 0.15) is 6.10 Å². The summed E-state index contributed by atoms with van der Waals surface area (Å²) >= 11 is 0. The van der Waals surface area contributed by atoms with Crippen LogP contribution in [0.15, 0.2) is 6.20 Å². The van der Waals surface area contributed by atoms with Crippen LogP contribution in [0.4, 0.5) is 0 Å². The summed E-state index contributed by atoms with van der Waals surface area (Å²) in [5.41, 5.74) is 2.74. The zero-order chi connectivity index (χ0) is 15.3. The highest BCUT2D eigenvalue weighted by molar-refractivity contribution is 5.19. The van der Waals surface area contributed by atoms with Crippen molar-refractivity contribution in [3.8, 4) is 6.01 Å². The lowest BCUT2D eigenvalue weighted by molar-refractivity contribution is 0.0240. The molecule has 0 aliphatic heterocycles. The van der Waals surface area contributed by atoms with E-state index >= 15 is 0 Å². The molecule has 2 aliphatic carbocycles. The van der Waals surface area contributed by atoms with E-state index in [-0.39, 0.29) is 11.5 Å². The summed E-state index contributed by atoms with van der Waals surface area (Å²) in [4.78, 5) is 8.96. The number of nitrogens with one attached hydrogen (secondary N) is 1. The molecule has 1 heterocycles. The fourth-order valence-electron chi connectivity index (χ4n) is 4.33. The molecule has 0 radical (unpaired) electrons. The van der Waals surface area contributed by atoms with Gasteiger partial charge in [-0.3, -0.25) is 0 Å². The lowest BCUT2D eigenvalue weighted by Crippen LogP contribution is -2.39. The van der Waals surface area contributed by atoms with Crippen LogP contribution in [0.25, 0.3) is 0 Å². The lowest BCUT2D eigenvalue weighted by Gasteiger charge is -2.38. The predicted molar refractivity (Wildman–Crippen MR) is 83.2 cm³/mol. The van der Waals surface area contributed by atoms with E-state index in [1.165, 1.54) is 12.8 Å². The first-order valence-electron chi connectivity index (χ1n) is 8.02. The molecule has 0 saturated heterocycles. The first-order chi connectivity index (χ1) is 9.88. The Morgan fingerprint density at radius 1 is 1.38 bits per heavy atom. The van der Waals surface area contributed by atoms with Crippen molar-refractivity contribution in [1.82, 2.24) is 15.3 Å². The molecule has 2 bridgehead atoms. The Kier molecular flexibility index (Phi) is 3.47. The van der Waals surface area contributed by atoms with Crippen LogP contribution in [-0.2, 0) is 6.54 Å². The van der Waals surface area contributed by atoms with Crippen LogP contribution in [0.2, 0.25) is 0 Å². The van der Waals surface area contributed by atoms with E-state index in [1.54, 1.807) is 0 Å². The standard InChI is InChI=1S/C17H27N3O/c1-11-12(9-18-5)10-19-15(20-11)21-14-8-13-6-7-17(14,4)16(13,2)3/h10,13-14,18H,6-9H2,1-5H3.